The molecule has 1 fully saturated rings. The molecule has 3 N–H and O–H groups in total. The van der Waals surface area contributed by atoms with E-state index in [4.69, 9.17) is 21.1 Å². The van der Waals surface area contributed by atoms with Crippen LogP contribution in [-0.4, -0.2) is 60.0 Å². The highest BCUT2D eigenvalue weighted by molar-refractivity contribution is 6.31. The van der Waals surface area contributed by atoms with Crippen LogP contribution in [0.25, 0.3) is 10.9 Å². The molecule has 1 saturated heterocycles. The molecule has 4 rings (SSSR count). The third-order valence-corrected chi connectivity index (χ3v) is 6.31. The highest BCUT2D eigenvalue weighted by atomic mass is 35.5. The first kappa shape index (κ1) is 27.3. The zero-order valence-corrected chi connectivity index (χ0v) is 21.6. The number of pyridine rings is 1. The summed E-state index contributed by atoms with van der Waals surface area (Å²) in [5.74, 6) is -0.559. The first-order valence-electron chi connectivity index (χ1n) is 11.9. The van der Waals surface area contributed by atoms with Crippen LogP contribution in [0.4, 0.5) is 21.5 Å². The first-order valence-corrected chi connectivity index (χ1v) is 12.3. The van der Waals surface area contributed by atoms with Crippen LogP contribution in [0.5, 0.6) is 5.75 Å². The second-order valence-electron chi connectivity index (χ2n) is 8.84. The number of rotatable bonds is 9. The number of likely N-dealkylation sites (N-methyl/N-ethyl adjacent to an activating group) is 1. The predicted molar refractivity (Wildman–Crippen MR) is 143 cm³/mol. The number of benzene rings is 2. The first-order chi connectivity index (χ1) is 18.2. The molecular weight excluding hydrogens is 513 g/mol. The van der Waals surface area contributed by atoms with Gasteiger partial charge in [0, 0.05) is 42.4 Å². The predicted octanol–water partition coefficient (Wildman–Crippen LogP) is 4.58. The minimum absolute atomic E-state index is 0.0673. The van der Waals surface area contributed by atoms with Crippen molar-refractivity contribution in [2.45, 2.75) is 25.7 Å². The Balaban J connectivity index is 1.72. The molecule has 2 aromatic carbocycles. The van der Waals surface area contributed by atoms with Crippen molar-refractivity contribution < 1.29 is 23.8 Å². The van der Waals surface area contributed by atoms with Crippen LogP contribution in [-0.2, 0) is 9.53 Å². The van der Waals surface area contributed by atoms with E-state index in [1.165, 1.54) is 30.5 Å². The van der Waals surface area contributed by atoms with E-state index >= 15 is 0 Å². The van der Waals surface area contributed by atoms with Crippen LogP contribution in [0.15, 0.2) is 48.7 Å². The van der Waals surface area contributed by atoms with Gasteiger partial charge in [0.15, 0.2) is 0 Å². The molecule has 2 unspecified atom stereocenters. The summed E-state index contributed by atoms with van der Waals surface area (Å²) >= 11 is 5.94. The van der Waals surface area contributed by atoms with Crippen LogP contribution >= 0.6 is 11.6 Å². The van der Waals surface area contributed by atoms with Gasteiger partial charge in [0.2, 0.25) is 5.91 Å². The molecule has 9 nitrogen and oxygen atoms in total. The molecule has 1 aliphatic rings. The largest absolute Gasteiger partial charge is 0.486 e. The number of carbonyl (C=O) groups excluding carboxylic acids is 1. The third kappa shape index (κ3) is 6.57. The molecule has 38 heavy (non-hydrogen) atoms. The molecule has 0 saturated carbocycles. The number of carbonyl (C=O) groups is 1. The number of hydrogen-bond donors (Lipinski definition) is 3. The summed E-state index contributed by atoms with van der Waals surface area (Å²) in [6.45, 7) is 3.01. The average molecular weight is 540 g/mol. The molecule has 1 amide bonds. The zero-order chi connectivity index (χ0) is 27.2. The summed E-state index contributed by atoms with van der Waals surface area (Å²) in [7, 11) is 1.73. The summed E-state index contributed by atoms with van der Waals surface area (Å²) in [4.78, 5) is 18.8. The Hall–Kier alpha value is -3.75. The van der Waals surface area contributed by atoms with E-state index in [0.717, 1.165) is 0 Å². The molecule has 1 aliphatic heterocycles. The van der Waals surface area contributed by atoms with Crippen LogP contribution in [0.3, 0.4) is 0 Å². The van der Waals surface area contributed by atoms with E-state index in [-0.39, 0.29) is 16.7 Å². The van der Waals surface area contributed by atoms with Gasteiger partial charge in [-0.3, -0.25) is 14.7 Å². The van der Waals surface area contributed by atoms with Crippen LogP contribution in [0.1, 0.15) is 18.9 Å². The lowest BCUT2D eigenvalue weighted by molar-refractivity contribution is -0.112. The van der Waals surface area contributed by atoms with Gasteiger partial charge in [0.05, 0.1) is 40.7 Å². The molecule has 0 aliphatic carbocycles. The summed E-state index contributed by atoms with van der Waals surface area (Å²) < 4.78 is 25.3. The lowest BCUT2D eigenvalue weighted by atomic mass is 10.1. The van der Waals surface area contributed by atoms with Gasteiger partial charge in [-0.2, -0.15) is 5.26 Å². The number of nitrogens with one attached hydrogen (secondary N) is 2. The van der Waals surface area contributed by atoms with E-state index in [9.17, 15) is 19.6 Å². The van der Waals surface area contributed by atoms with E-state index in [1.54, 1.807) is 37.1 Å². The SMILES string of the molecule is CC(O)N(C)C/C=C/C(=O)Nc1cc2c(Nc3ccc(F)c(Cl)c3)c(C#N)cnc2cc1OC1CCOC1. The fraction of sp³-hybridized carbons (Fsp3) is 0.296. The van der Waals surface area contributed by atoms with Crippen molar-refractivity contribution in [2.75, 3.05) is 37.4 Å². The molecular formula is C27H27ClFN5O4. The Kier molecular flexibility index (Phi) is 8.76. The van der Waals surface area contributed by atoms with Crippen LogP contribution in [0, 0.1) is 17.1 Å². The van der Waals surface area contributed by atoms with E-state index in [0.29, 0.717) is 59.9 Å². The summed E-state index contributed by atoms with van der Waals surface area (Å²) in [6.07, 6.45) is 4.30. The number of aromatic nitrogens is 1. The van der Waals surface area contributed by atoms with Gasteiger partial charge in [0.25, 0.3) is 0 Å². The van der Waals surface area contributed by atoms with Gasteiger partial charge in [-0.05, 0) is 38.2 Å². The van der Waals surface area contributed by atoms with Gasteiger partial charge in [-0.25, -0.2) is 4.39 Å². The number of nitriles is 1. The van der Waals surface area contributed by atoms with Crippen molar-refractivity contribution in [1.29, 1.82) is 5.26 Å². The van der Waals surface area contributed by atoms with Crippen LogP contribution in [0.2, 0.25) is 5.02 Å². The minimum Gasteiger partial charge on any atom is -0.486 e. The molecule has 11 heteroatoms. The van der Waals surface area contributed by atoms with E-state index in [2.05, 4.69) is 21.7 Å². The molecule has 3 aromatic rings. The quantitative estimate of drug-likeness (QED) is 0.267. The Labute approximate surface area is 224 Å². The lowest BCUT2D eigenvalue weighted by Gasteiger charge is -2.19. The van der Waals surface area contributed by atoms with Crippen molar-refractivity contribution in [3.05, 3.63) is 65.1 Å². The second-order valence-corrected chi connectivity index (χ2v) is 9.25. The molecule has 1 aromatic heterocycles. The van der Waals surface area contributed by atoms with Crippen molar-refractivity contribution in [3.8, 4) is 11.8 Å². The normalized spacial score (nSPS) is 16.1. The molecule has 2 atom stereocenters. The Morgan fingerprint density at radius 3 is 2.95 bits per heavy atom. The molecule has 198 valence electrons. The van der Waals surface area contributed by atoms with Gasteiger partial charge >= 0.3 is 0 Å². The fourth-order valence-corrected chi connectivity index (χ4v) is 3.97. The standard InChI is InChI=1S/C27H27ClFN5O4/c1-16(35)34(2)8-3-4-26(36)33-24-11-20-23(12-25(24)38-19-7-9-37-15-19)31-14-17(13-30)27(20)32-18-5-6-22(29)21(28)10-18/h3-6,10-12,14,16,19,35H,7-9,15H2,1-2H3,(H,31,32)(H,33,36)/b4-3+. The number of nitrogens with zero attached hydrogens (tertiary/aromatic N) is 3. The molecule has 0 radical (unpaired) electrons. The average Bonchev–Trinajstić information content (AvgIpc) is 3.40. The number of aliphatic hydroxyl groups excluding tert-OH is 1. The maximum Gasteiger partial charge on any atom is 0.248 e. The number of amides is 1. The number of fused-ring (bicyclic) bond motifs is 1. The maximum atomic E-state index is 13.7. The second kappa shape index (κ2) is 12.2. The van der Waals surface area contributed by atoms with Crippen molar-refractivity contribution in [2.24, 2.45) is 0 Å². The third-order valence-electron chi connectivity index (χ3n) is 6.02. The topological polar surface area (TPSA) is 120 Å². The fourth-order valence-electron chi connectivity index (χ4n) is 3.79. The number of ether oxygens (including phenoxy) is 2. The Morgan fingerprint density at radius 2 is 2.26 bits per heavy atom. The summed E-state index contributed by atoms with van der Waals surface area (Å²) in [6, 6.07) is 9.63. The summed E-state index contributed by atoms with van der Waals surface area (Å²) in [5, 5.41) is 25.8. The summed E-state index contributed by atoms with van der Waals surface area (Å²) in [5.41, 5.74) is 2.02. The van der Waals surface area contributed by atoms with Gasteiger partial charge in [-0.15, -0.1) is 0 Å². The Bertz CT molecular complexity index is 1400. The van der Waals surface area contributed by atoms with Crippen molar-refractivity contribution in [1.82, 2.24) is 9.88 Å². The lowest BCUT2D eigenvalue weighted by Crippen LogP contribution is -2.28. The highest BCUT2D eigenvalue weighted by Crippen LogP contribution is 2.37. The number of anilines is 3. The zero-order valence-electron chi connectivity index (χ0n) is 20.9. The smallest absolute Gasteiger partial charge is 0.248 e. The Morgan fingerprint density at radius 1 is 1.45 bits per heavy atom. The molecule has 2 heterocycles. The van der Waals surface area contributed by atoms with Crippen molar-refractivity contribution >= 4 is 45.5 Å². The van der Waals surface area contributed by atoms with Crippen molar-refractivity contribution in [3.63, 3.8) is 0 Å². The van der Waals surface area contributed by atoms with Gasteiger partial charge in [0.1, 0.15) is 30.0 Å². The van der Waals surface area contributed by atoms with E-state index < -0.39 is 18.0 Å². The molecule has 0 spiro atoms. The number of hydrogen-bond acceptors (Lipinski definition) is 8. The van der Waals surface area contributed by atoms with E-state index in [1.807, 2.05) is 0 Å². The minimum atomic E-state index is -0.652. The monoisotopic (exact) mass is 539 g/mol. The van der Waals surface area contributed by atoms with Crippen LogP contribution < -0.4 is 15.4 Å². The highest BCUT2D eigenvalue weighted by Gasteiger charge is 2.21. The molecule has 0 bridgehead atoms. The van der Waals surface area contributed by atoms with Gasteiger partial charge < -0.3 is 25.2 Å². The number of halogens is 2. The number of aliphatic hydroxyl groups is 1. The van der Waals surface area contributed by atoms with Gasteiger partial charge in [-0.1, -0.05) is 17.7 Å². The maximum absolute atomic E-state index is 13.7.